The molecule has 0 spiro atoms. The van der Waals surface area contributed by atoms with Gasteiger partial charge in [-0.25, -0.2) is 4.98 Å². The number of nitrogens with one attached hydrogen (secondary N) is 1. The Kier molecular flexibility index (Phi) is 4.68. The van der Waals surface area contributed by atoms with E-state index in [9.17, 15) is 4.79 Å². The largest absolute Gasteiger partial charge is 0.309 e. The minimum absolute atomic E-state index is 0.0850. The summed E-state index contributed by atoms with van der Waals surface area (Å²) in [5.41, 5.74) is 0.883. The van der Waals surface area contributed by atoms with Crippen molar-refractivity contribution < 1.29 is 0 Å². The van der Waals surface area contributed by atoms with E-state index in [0.29, 0.717) is 17.0 Å². The third-order valence-corrected chi connectivity index (χ3v) is 6.81. The molecule has 4 rings (SSSR count). The molecule has 6 nitrogen and oxygen atoms in total. The third-order valence-electron chi connectivity index (χ3n) is 3.93. The van der Waals surface area contributed by atoms with Crippen LogP contribution in [0.25, 0.3) is 20.7 Å². The minimum Gasteiger partial charge on any atom is -0.309 e. The van der Waals surface area contributed by atoms with Gasteiger partial charge >= 0.3 is 0 Å². The van der Waals surface area contributed by atoms with Crippen LogP contribution in [0.5, 0.6) is 0 Å². The van der Waals surface area contributed by atoms with Crippen LogP contribution in [0.4, 0.5) is 0 Å². The van der Waals surface area contributed by atoms with Crippen LogP contribution in [-0.2, 0) is 5.75 Å². The molecule has 4 heterocycles. The second kappa shape index (κ2) is 6.98. The van der Waals surface area contributed by atoms with Gasteiger partial charge in [-0.3, -0.25) is 4.79 Å². The number of hydrogen-bond acceptors (Lipinski definition) is 7. The van der Waals surface area contributed by atoms with Crippen molar-refractivity contribution in [3.8, 4) is 10.4 Å². The summed E-state index contributed by atoms with van der Waals surface area (Å²) < 4.78 is 2.00. The molecule has 0 fully saturated rings. The number of H-pyrrole nitrogens is 1. The number of nitrogens with zero attached hydrogens (tertiary/aromatic N) is 4. The Balaban J connectivity index is 1.64. The lowest BCUT2D eigenvalue weighted by Gasteiger charge is -2.08. The first-order valence-corrected chi connectivity index (χ1v) is 10.8. The van der Waals surface area contributed by atoms with Crippen LogP contribution in [0.3, 0.4) is 0 Å². The molecule has 4 aromatic rings. The Labute approximate surface area is 162 Å². The van der Waals surface area contributed by atoms with Gasteiger partial charge in [-0.05, 0) is 32.9 Å². The summed E-state index contributed by atoms with van der Waals surface area (Å²) in [4.78, 5) is 23.4. The van der Waals surface area contributed by atoms with E-state index >= 15 is 0 Å². The Bertz CT molecular complexity index is 1120. The van der Waals surface area contributed by atoms with Crippen molar-refractivity contribution in [2.75, 3.05) is 0 Å². The van der Waals surface area contributed by atoms with E-state index in [1.165, 1.54) is 28.0 Å². The van der Waals surface area contributed by atoms with Crippen LogP contribution in [0, 0.1) is 6.92 Å². The fourth-order valence-corrected chi connectivity index (χ4v) is 5.48. The molecule has 0 saturated heterocycles. The van der Waals surface area contributed by atoms with E-state index in [1.807, 2.05) is 9.95 Å². The minimum atomic E-state index is -0.0850. The number of fused-ring (bicyclic) bond motifs is 1. The van der Waals surface area contributed by atoms with Crippen molar-refractivity contribution in [3.05, 3.63) is 44.9 Å². The number of hydrogen-bond donors (Lipinski definition) is 1. The van der Waals surface area contributed by atoms with Crippen LogP contribution < -0.4 is 5.56 Å². The average Bonchev–Trinajstić information content (AvgIpc) is 3.31. The molecule has 0 aromatic carbocycles. The highest BCUT2D eigenvalue weighted by Gasteiger charge is 2.15. The van der Waals surface area contributed by atoms with E-state index in [4.69, 9.17) is 0 Å². The number of aryl methyl sites for hydroxylation is 1. The van der Waals surface area contributed by atoms with Gasteiger partial charge in [-0.2, -0.15) is 0 Å². The van der Waals surface area contributed by atoms with Crippen molar-refractivity contribution in [1.29, 1.82) is 0 Å². The molecule has 0 aliphatic carbocycles. The number of aromatic nitrogens is 5. The lowest BCUT2D eigenvalue weighted by molar-refractivity contribution is 0.549. The van der Waals surface area contributed by atoms with Gasteiger partial charge in [-0.1, -0.05) is 11.8 Å². The van der Waals surface area contributed by atoms with Crippen molar-refractivity contribution in [1.82, 2.24) is 24.7 Å². The summed E-state index contributed by atoms with van der Waals surface area (Å²) in [7, 11) is 0. The number of thiophene rings is 2. The van der Waals surface area contributed by atoms with Gasteiger partial charge in [0, 0.05) is 26.7 Å². The molecule has 0 radical (unpaired) electrons. The summed E-state index contributed by atoms with van der Waals surface area (Å²) in [6.07, 6.45) is 1.72. The molecule has 0 saturated carbocycles. The molecule has 134 valence electrons. The van der Waals surface area contributed by atoms with E-state index < -0.39 is 0 Å². The van der Waals surface area contributed by atoms with E-state index in [2.05, 4.69) is 53.1 Å². The lowest BCUT2D eigenvalue weighted by atomic mass is 10.2. The maximum absolute atomic E-state index is 12.7. The lowest BCUT2D eigenvalue weighted by Crippen LogP contribution is -2.11. The van der Waals surface area contributed by atoms with E-state index in [-0.39, 0.29) is 11.6 Å². The van der Waals surface area contributed by atoms with Gasteiger partial charge in [0.15, 0.2) is 5.16 Å². The van der Waals surface area contributed by atoms with Crippen LogP contribution in [-0.4, -0.2) is 24.7 Å². The summed E-state index contributed by atoms with van der Waals surface area (Å²) in [6.45, 7) is 6.23. The van der Waals surface area contributed by atoms with Crippen molar-refractivity contribution in [3.63, 3.8) is 0 Å². The monoisotopic (exact) mass is 403 g/mol. The highest BCUT2D eigenvalue weighted by Crippen LogP contribution is 2.35. The Morgan fingerprint density at radius 3 is 2.92 bits per heavy atom. The first-order chi connectivity index (χ1) is 12.5. The molecule has 0 atom stereocenters. The molecule has 9 heteroatoms. The quantitative estimate of drug-likeness (QED) is 0.497. The van der Waals surface area contributed by atoms with Gasteiger partial charge in [0.2, 0.25) is 0 Å². The predicted molar refractivity (Wildman–Crippen MR) is 108 cm³/mol. The molecule has 0 aliphatic rings. The van der Waals surface area contributed by atoms with Gasteiger partial charge in [-0.15, -0.1) is 32.9 Å². The number of rotatable bonds is 5. The van der Waals surface area contributed by atoms with E-state index in [1.54, 1.807) is 17.7 Å². The normalized spacial score (nSPS) is 11.7. The molecule has 4 aromatic heterocycles. The zero-order chi connectivity index (χ0) is 18.3. The average molecular weight is 404 g/mol. The Morgan fingerprint density at radius 1 is 1.35 bits per heavy atom. The first-order valence-electron chi connectivity index (χ1n) is 8.12. The first kappa shape index (κ1) is 17.4. The predicted octanol–water partition coefficient (Wildman–Crippen LogP) is 4.49. The summed E-state index contributed by atoms with van der Waals surface area (Å²) >= 11 is 4.72. The molecule has 0 amide bonds. The van der Waals surface area contributed by atoms with Crippen LogP contribution in [0.15, 0.2) is 33.8 Å². The maximum Gasteiger partial charge on any atom is 0.260 e. The van der Waals surface area contributed by atoms with Crippen molar-refractivity contribution >= 4 is 44.7 Å². The summed E-state index contributed by atoms with van der Waals surface area (Å²) in [5, 5.41) is 11.6. The summed E-state index contributed by atoms with van der Waals surface area (Å²) in [6, 6.07) is 4.42. The number of aromatic amines is 1. The summed E-state index contributed by atoms with van der Waals surface area (Å²) in [5.74, 6) is 1.20. The van der Waals surface area contributed by atoms with Gasteiger partial charge < -0.3 is 9.55 Å². The van der Waals surface area contributed by atoms with Gasteiger partial charge in [0.1, 0.15) is 17.0 Å². The van der Waals surface area contributed by atoms with E-state index in [0.717, 1.165) is 20.4 Å². The van der Waals surface area contributed by atoms with Gasteiger partial charge in [0.05, 0.1) is 11.1 Å². The smallest absolute Gasteiger partial charge is 0.260 e. The standard InChI is InChI=1S/C17H17N5OS3/c1-9(2)22-8-18-21-17(22)25-7-13-19-15(23)14-11(6-24-16(14)20-13)12-5-4-10(3)26-12/h4-6,8-9H,7H2,1-3H3,(H,19,20,23). The highest BCUT2D eigenvalue weighted by molar-refractivity contribution is 7.98. The molecular weight excluding hydrogens is 386 g/mol. The van der Waals surface area contributed by atoms with Crippen LogP contribution >= 0.6 is 34.4 Å². The van der Waals surface area contributed by atoms with Crippen LogP contribution in [0.1, 0.15) is 30.6 Å². The third kappa shape index (κ3) is 3.22. The maximum atomic E-state index is 12.7. The topological polar surface area (TPSA) is 76.5 Å². The highest BCUT2D eigenvalue weighted by atomic mass is 32.2. The van der Waals surface area contributed by atoms with Crippen molar-refractivity contribution in [2.24, 2.45) is 0 Å². The number of thioether (sulfide) groups is 1. The van der Waals surface area contributed by atoms with Crippen LogP contribution in [0.2, 0.25) is 0 Å². The second-order valence-corrected chi connectivity index (χ2v) is 9.24. The zero-order valence-corrected chi connectivity index (χ0v) is 17.0. The molecule has 0 bridgehead atoms. The van der Waals surface area contributed by atoms with Gasteiger partial charge in [0.25, 0.3) is 5.56 Å². The second-order valence-electron chi connectivity index (χ2n) is 6.16. The Morgan fingerprint density at radius 2 is 2.19 bits per heavy atom. The fourth-order valence-electron chi connectivity index (χ4n) is 2.64. The molecule has 0 aliphatic heterocycles. The SMILES string of the molecule is Cc1ccc(-c2csc3nc(CSc4nncn4C(C)C)[nH]c(=O)c23)s1. The van der Waals surface area contributed by atoms with Crippen molar-refractivity contribution in [2.45, 2.75) is 37.7 Å². The molecule has 0 unspecified atom stereocenters. The molecular formula is C17H17N5OS3. The Hall–Kier alpha value is -1.97. The zero-order valence-electron chi connectivity index (χ0n) is 14.5. The molecule has 1 N–H and O–H groups in total. The fraction of sp³-hybridized carbons (Fsp3) is 0.294. The molecule has 26 heavy (non-hydrogen) atoms.